The molecule has 0 aromatic rings. The maximum atomic E-state index is 12.3. The van der Waals surface area contributed by atoms with Gasteiger partial charge in [-0.15, -0.1) is 0 Å². The number of fused-ring (bicyclic) bond motifs is 1. The van der Waals surface area contributed by atoms with Crippen LogP contribution in [0.4, 0.5) is 0 Å². The highest BCUT2D eigenvalue weighted by Crippen LogP contribution is 2.29. The van der Waals surface area contributed by atoms with Gasteiger partial charge in [0.05, 0.1) is 24.2 Å². The standard InChI is InChI=1S/C16H27NO4/c1-10(2)14(11(3)20-4)16(19)21-9-12-5-7-17-8-6-13(18)15(12)17/h5,10-11,13-15,18H,6-9H2,1-4H3/t11-,13+,14+,15+/m0/s1. The van der Waals surface area contributed by atoms with Gasteiger partial charge in [-0.2, -0.15) is 0 Å². The molecule has 21 heavy (non-hydrogen) atoms. The van der Waals surface area contributed by atoms with E-state index >= 15 is 0 Å². The molecule has 0 aromatic carbocycles. The van der Waals surface area contributed by atoms with E-state index in [0.29, 0.717) is 0 Å². The van der Waals surface area contributed by atoms with E-state index in [9.17, 15) is 9.90 Å². The Morgan fingerprint density at radius 3 is 2.81 bits per heavy atom. The van der Waals surface area contributed by atoms with Crippen LogP contribution >= 0.6 is 0 Å². The highest BCUT2D eigenvalue weighted by molar-refractivity contribution is 5.73. The molecule has 2 rings (SSSR count). The number of hydrogen-bond acceptors (Lipinski definition) is 5. The molecular weight excluding hydrogens is 270 g/mol. The van der Waals surface area contributed by atoms with E-state index in [4.69, 9.17) is 9.47 Å². The lowest BCUT2D eigenvalue weighted by Crippen LogP contribution is -2.36. The van der Waals surface area contributed by atoms with Crippen molar-refractivity contribution < 1.29 is 19.4 Å². The number of methoxy groups -OCH3 is 1. The summed E-state index contributed by atoms with van der Waals surface area (Å²) in [5, 5.41) is 10.0. The molecule has 0 radical (unpaired) electrons. The number of carbonyl (C=O) groups excluding carboxylic acids is 1. The van der Waals surface area contributed by atoms with Crippen LogP contribution in [0.5, 0.6) is 0 Å². The van der Waals surface area contributed by atoms with Gasteiger partial charge in [0.1, 0.15) is 6.61 Å². The Morgan fingerprint density at radius 1 is 1.48 bits per heavy atom. The summed E-state index contributed by atoms with van der Waals surface area (Å²) >= 11 is 0. The average molecular weight is 297 g/mol. The Kier molecular flexibility index (Phi) is 5.41. The van der Waals surface area contributed by atoms with Crippen molar-refractivity contribution in [3.63, 3.8) is 0 Å². The first-order valence-electron chi connectivity index (χ1n) is 7.76. The molecule has 1 saturated heterocycles. The fourth-order valence-electron chi connectivity index (χ4n) is 3.43. The van der Waals surface area contributed by atoms with Gasteiger partial charge in [-0.3, -0.25) is 9.69 Å². The molecule has 0 aromatic heterocycles. The van der Waals surface area contributed by atoms with Crippen LogP contribution in [0.15, 0.2) is 11.6 Å². The number of aliphatic hydroxyl groups is 1. The molecular formula is C16H27NO4. The van der Waals surface area contributed by atoms with Gasteiger partial charge in [-0.05, 0) is 24.8 Å². The minimum absolute atomic E-state index is 0.0372. The van der Waals surface area contributed by atoms with E-state index in [1.165, 1.54) is 0 Å². The zero-order valence-corrected chi connectivity index (χ0v) is 13.4. The van der Waals surface area contributed by atoms with E-state index < -0.39 is 0 Å². The molecule has 5 heteroatoms. The number of aliphatic hydroxyl groups excluding tert-OH is 1. The normalized spacial score (nSPS) is 28.4. The van der Waals surface area contributed by atoms with Gasteiger partial charge in [0.2, 0.25) is 0 Å². The van der Waals surface area contributed by atoms with Gasteiger partial charge in [-0.25, -0.2) is 0 Å². The summed E-state index contributed by atoms with van der Waals surface area (Å²) in [5.74, 6) is -0.314. The summed E-state index contributed by atoms with van der Waals surface area (Å²) in [6.07, 6.45) is 2.37. The minimum atomic E-state index is -0.337. The van der Waals surface area contributed by atoms with Crippen molar-refractivity contribution >= 4 is 5.97 Å². The van der Waals surface area contributed by atoms with Crippen molar-refractivity contribution in [2.24, 2.45) is 11.8 Å². The third-order valence-electron chi connectivity index (χ3n) is 4.69. The summed E-state index contributed by atoms with van der Waals surface area (Å²) < 4.78 is 10.8. The highest BCUT2D eigenvalue weighted by atomic mass is 16.5. The molecule has 2 aliphatic heterocycles. The molecule has 0 spiro atoms. The average Bonchev–Trinajstić information content (AvgIpc) is 3.00. The van der Waals surface area contributed by atoms with E-state index in [-0.39, 0.29) is 42.7 Å². The van der Waals surface area contributed by atoms with Crippen molar-refractivity contribution in [3.05, 3.63) is 11.6 Å². The minimum Gasteiger partial charge on any atom is -0.461 e. The van der Waals surface area contributed by atoms with Crippen molar-refractivity contribution in [1.29, 1.82) is 0 Å². The third kappa shape index (κ3) is 3.47. The number of nitrogens with zero attached hydrogens (tertiary/aromatic N) is 1. The van der Waals surface area contributed by atoms with Crippen LogP contribution in [0.25, 0.3) is 0 Å². The molecule has 0 unspecified atom stereocenters. The predicted molar refractivity (Wildman–Crippen MR) is 79.8 cm³/mol. The van der Waals surface area contributed by atoms with Crippen molar-refractivity contribution in [2.45, 2.75) is 45.4 Å². The first kappa shape index (κ1) is 16.5. The second-order valence-electron chi connectivity index (χ2n) is 6.39. The molecule has 0 aliphatic carbocycles. The lowest BCUT2D eigenvalue weighted by Gasteiger charge is -2.26. The number of esters is 1. The van der Waals surface area contributed by atoms with Crippen LogP contribution in [-0.4, -0.2) is 61.0 Å². The Labute approximate surface area is 126 Å². The number of rotatable bonds is 6. The van der Waals surface area contributed by atoms with Crippen molar-refractivity contribution in [1.82, 2.24) is 4.90 Å². The first-order chi connectivity index (χ1) is 9.95. The SMILES string of the molecule is CO[C@@H](C)[C@H](C(=O)OCC1=CCN2CC[C@@H](O)[C@@H]12)C(C)C. The molecule has 2 aliphatic rings. The summed E-state index contributed by atoms with van der Waals surface area (Å²) in [5.41, 5.74) is 1.03. The van der Waals surface area contributed by atoms with Crippen LogP contribution in [-0.2, 0) is 14.3 Å². The summed E-state index contributed by atoms with van der Waals surface area (Å²) in [4.78, 5) is 14.5. The summed E-state index contributed by atoms with van der Waals surface area (Å²) in [6, 6.07) is 0.0372. The van der Waals surface area contributed by atoms with Gasteiger partial charge in [0.25, 0.3) is 0 Å². The second kappa shape index (κ2) is 6.90. The third-order valence-corrected chi connectivity index (χ3v) is 4.69. The number of carbonyl (C=O) groups is 1. The van der Waals surface area contributed by atoms with Crippen molar-refractivity contribution in [2.75, 3.05) is 26.8 Å². The first-order valence-corrected chi connectivity index (χ1v) is 7.76. The van der Waals surface area contributed by atoms with E-state index in [1.807, 2.05) is 20.8 Å². The highest BCUT2D eigenvalue weighted by Gasteiger charge is 2.39. The summed E-state index contributed by atoms with van der Waals surface area (Å²) in [6.45, 7) is 7.92. The van der Waals surface area contributed by atoms with Crippen LogP contribution in [0, 0.1) is 11.8 Å². The Balaban J connectivity index is 1.91. The van der Waals surface area contributed by atoms with Gasteiger partial charge in [0, 0.05) is 20.2 Å². The smallest absolute Gasteiger partial charge is 0.312 e. The fourth-order valence-corrected chi connectivity index (χ4v) is 3.43. The van der Waals surface area contributed by atoms with E-state index in [0.717, 1.165) is 25.1 Å². The topological polar surface area (TPSA) is 59.0 Å². The van der Waals surface area contributed by atoms with E-state index in [2.05, 4.69) is 11.0 Å². The monoisotopic (exact) mass is 297 g/mol. The van der Waals surface area contributed by atoms with Crippen molar-refractivity contribution in [3.8, 4) is 0 Å². The number of hydrogen-bond donors (Lipinski definition) is 1. The zero-order chi connectivity index (χ0) is 15.6. The quantitative estimate of drug-likeness (QED) is 0.590. The molecule has 5 nitrogen and oxygen atoms in total. The Morgan fingerprint density at radius 2 is 2.19 bits per heavy atom. The zero-order valence-electron chi connectivity index (χ0n) is 13.4. The number of ether oxygens (including phenoxy) is 2. The van der Waals surface area contributed by atoms with Crippen LogP contribution in [0.1, 0.15) is 27.2 Å². The Hall–Kier alpha value is -0.910. The molecule has 120 valence electrons. The maximum Gasteiger partial charge on any atom is 0.312 e. The molecule has 1 N–H and O–H groups in total. The van der Waals surface area contributed by atoms with E-state index in [1.54, 1.807) is 7.11 Å². The molecule has 2 heterocycles. The second-order valence-corrected chi connectivity index (χ2v) is 6.39. The molecule has 0 amide bonds. The van der Waals surface area contributed by atoms with Gasteiger partial charge < -0.3 is 14.6 Å². The van der Waals surface area contributed by atoms with Crippen LogP contribution in [0.3, 0.4) is 0 Å². The van der Waals surface area contributed by atoms with Gasteiger partial charge in [-0.1, -0.05) is 19.9 Å². The molecule has 4 atom stereocenters. The van der Waals surface area contributed by atoms with Crippen LogP contribution < -0.4 is 0 Å². The maximum absolute atomic E-state index is 12.3. The molecule has 1 fully saturated rings. The molecule has 0 saturated carbocycles. The lowest BCUT2D eigenvalue weighted by molar-refractivity contribution is -0.154. The van der Waals surface area contributed by atoms with Crippen LogP contribution in [0.2, 0.25) is 0 Å². The lowest BCUT2D eigenvalue weighted by atomic mass is 9.91. The van der Waals surface area contributed by atoms with Gasteiger partial charge >= 0.3 is 5.97 Å². The largest absolute Gasteiger partial charge is 0.461 e. The summed E-state index contributed by atoms with van der Waals surface area (Å²) in [7, 11) is 1.61. The van der Waals surface area contributed by atoms with Gasteiger partial charge in [0.15, 0.2) is 0 Å². The molecule has 0 bridgehead atoms. The fraction of sp³-hybridized carbons (Fsp3) is 0.812. The predicted octanol–water partition coefficient (Wildman–Crippen LogP) is 1.21. The Bertz CT molecular complexity index is 407.